The van der Waals surface area contributed by atoms with Gasteiger partial charge in [0.15, 0.2) is 0 Å². The molecule has 0 spiro atoms. The highest BCUT2D eigenvalue weighted by Gasteiger charge is 2.29. The van der Waals surface area contributed by atoms with Crippen molar-refractivity contribution in [1.82, 2.24) is 9.78 Å². The van der Waals surface area contributed by atoms with Crippen molar-refractivity contribution in [2.24, 2.45) is 5.92 Å². The Morgan fingerprint density at radius 1 is 1.64 bits per heavy atom. The van der Waals surface area contributed by atoms with Crippen molar-refractivity contribution in [3.8, 4) is 0 Å². The van der Waals surface area contributed by atoms with Crippen LogP contribution in [-0.4, -0.2) is 15.2 Å². The Hall–Kier alpha value is -0.500. The van der Waals surface area contributed by atoms with E-state index in [1.54, 1.807) is 0 Å². The number of hydrogen-bond donors (Lipinski definition) is 0. The molecule has 1 aliphatic carbocycles. The summed E-state index contributed by atoms with van der Waals surface area (Å²) in [7, 11) is 0. The van der Waals surface area contributed by atoms with E-state index in [1.165, 1.54) is 18.4 Å². The van der Waals surface area contributed by atoms with Gasteiger partial charge in [-0.25, -0.2) is 0 Å². The molecular weight excluding hydrogens is 196 g/mol. The molecule has 0 aromatic carbocycles. The first-order valence-electron chi connectivity index (χ1n) is 5.45. The van der Waals surface area contributed by atoms with Gasteiger partial charge in [-0.3, -0.25) is 4.68 Å². The fourth-order valence-electron chi connectivity index (χ4n) is 1.71. The second-order valence-electron chi connectivity index (χ2n) is 4.10. The van der Waals surface area contributed by atoms with E-state index >= 15 is 0 Å². The second-order valence-corrected chi connectivity index (χ2v) is 4.66. The normalized spacial score (nSPS) is 18.4. The van der Waals surface area contributed by atoms with Gasteiger partial charge in [-0.1, -0.05) is 0 Å². The molecule has 78 valence electrons. The van der Waals surface area contributed by atoms with Crippen molar-refractivity contribution in [2.45, 2.75) is 44.5 Å². The van der Waals surface area contributed by atoms with E-state index in [1.807, 2.05) is 10.9 Å². The Morgan fingerprint density at radius 3 is 3.00 bits per heavy atom. The fourth-order valence-corrected chi connectivity index (χ4v) is 2.07. The Labute approximate surface area is 90.3 Å². The first-order valence-corrected chi connectivity index (χ1v) is 5.88. The summed E-state index contributed by atoms with van der Waals surface area (Å²) in [5.41, 5.74) is 1.32. The molecule has 1 atom stereocenters. The summed E-state index contributed by atoms with van der Waals surface area (Å²) in [6.45, 7) is 3.05. The van der Waals surface area contributed by atoms with Crippen molar-refractivity contribution in [1.29, 1.82) is 0 Å². The van der Waals surface area contributed by atoms with E-state index in [9.17, 15) is 0 Å². The molecule has 2 nitrogen and oxygen atoms in total. The van der Waals surface area contributed by atoms with E-state index in [0.29, 0.717) is 5.38 Å². The molecule has 2 rings (SSSR count). The van der Waals surface area contributed by atoms with E-state index in [0.717, 1.165) is 25.3 Å². The number of rotatable bonds is 5. The lowest BCUT2D eigenvalue weighted by molar-refractivity contribution is 0.655. The first-order chi connectivity index (χ1) is 6.79. The van der Waals surface area contributed by atoms with Crippen LogP contribution in [0.15, 0.2) is 12.4 Å². The topological polar surface area (TPSA) is 17.8 Å². The van der Waals surface area contributed by atoms with Crippen molar-refractivity contribution >= 4 is 11.6 Å². The maximum absolute atomic E-state index is 6.24. The molecule has 0 N–H and O–H groups in total. The highest BCUT2D eigenvalue weighted by atomic mass is 35.5. The summed E-state index contributed by atoms with van der Waals surface area (Å²) in [6.07, 6.45) is 8.92. The summed E-state index contributed by atoms with van der Waals surface area (Å²) < 4.78 is 1.97. The monoisotopic (exact) mass is 212 g/mol. The highest BCUT2D eigenvalue weighted by molar-refractivity contribution is 6.20. The zero-order valence-corrected chi connectivity index (χ0v) is 9.37. The Bertz CT molecular complexity index is 291. The number of halogens is 1. The van der Waals surface area contributed by atoms with Crippen LogP contribution in [0.3, 0.4) is 0 Å². The van der Waals surface area contributed by atoms with Gasteiger partial charge in [-0.15, -0.1) is 11.6 Å². The average molecular weight is 213 g/mol. The lowest BCUT2D eigenvalue weighted by Crippen LogP contribution is -2.02. The van der Waals surface area contributed by atoms with Gasteiger partial charge < -0.3 is 0 Å². The Kier molecular flexibility index (Phi) is 3.12. The van der Waals surface area contributed by atoms with E-state index in [2.05, 4.69) is 18.2 Å². The van der Waals surface area contributed by atoms with Gasteiger partial charge in [0, 0.05) is 18.1 Å². The number of hydrogen-bond acceptors (Lipinski definition) is 1. The molecule has 1 unspecified atom stereocenters. The zero-order valence-electron chi connectivity index (χ0n) is 8.62. The quantitative estimate of drug-likeness (QED) is 0.687. The van der Waals surface area contributed by atoms with Crippen LogP contribution < -0.4 is 0 Å². The average Bonchev–Trinajstić information content (AvgIpc) is 2.94. The van der Waals surface area contributed by atoms with Crippen LogP contribution in [0, 0.1) is 5.92 Å². The molecule has 0 bridgehead atoms. The van der Waals surface area contributed by atoms with Gasteiger partial charge in [-0.05, 0) is 44.1 Å². The van der Waals surface area contributed by atoms with E-state index in [4.69, 9.17) is 11.6 Å². The molecule has 1 fully saturated rings. The van der Waals surface area contributed by atoms with Crippen molar-refractivity contribution in [3.05, 3.63) is 18.0 Å². The summed E-state index contributed by atoms with van der Waals surface area (Å²) in [5.74, 6) is 0.804. The van der Waals surface area contributed by atoms with Gasteiger partial charge in [0.25, 0.3) is 0 Å². The number of nitrogens with zero attached hydrogens (tertiary/aromatic N) is 2. The Balaban J connectivity index is 1.78. The van der Waals surface area contributed by atoms with Gasteiger partial charge in [0.2, 0.25) is 0 Å². The maximum atomic E-state index is 6.24. The van der Waals surface area contributed by atoms with Crippen molar-refractivity contribution in [2.75, 3.05) is 0 Å². The van der Waals surface area contributed by atoms with E-state index < -0.39 is 0 Å². The second kappa shape index (κ2) is 4.35. The standard InChI is InChI=1S/C11H17ClN2/c1-2-14-8-9(7-13-14)3-6-11(12)10-4-5-10/h7-8,10-11H,2-6H2,1H3. The smallest absolute Gasteiger partial charge is 0.0521 e. The zero-order chi connectivity index (χ0) is 9.97. The molecule has 1 heterocycles. The molecule has 0 saturated heterocycles. The molecular formula is C11H17ClN2. The third kappa shape index (κ3) is 2.50. The van der Waals surface area contributed by atoms with Crippen LogP contribution in [-0.2, 0) is 13.0 Å². The molecule has 0 radical (unpaired) electrons. The third-order valence-electron chi connectivity index (χ3n) is 2.85. The SMILES string of the molecule is CCn1cc(CCC(Cl)C2CC2)cn1. The minimum Gasteiger partial charge on any atom is -0.273 e. The van der Waals surface area contributed by atoms with Crippen LogP contribution in [0.4, 0.5) is 0 Å². The number of aromatic nitrogens is 2. The Morgan fingerprint density at radius 2 is 2.43 bits per heavy atom. The minimum atomic E-state index is 0.389. The van der Waals surface area contributed by atoms with Crippen LogP contribution in [0.2, 0.25) is 0 Å². The largest absolute Gasteiger partial charge is 0.273 e. The predicted molar refractivity (Wildman–Crippen MR) is 58.6 cm³/mol. The maximum Gasteiger partial charge on any atom is 0.0521 e. The lowest BCUT2D eigenvalue weighted by Gasteiger charge is -2.05. The summed E-state index contributed by atoms with van der Waals surface area (Å²) in [4.78, 5) is 0. The van der Waals surface area contributed by atoms with Gasteiger partial charge in [0.1, 0.15) is 0 Å². The molecule has 3 heteroatoms. The molecule has 1 aromatic rings. The third-order valence-corrected chi connectivity index (χ3v) is 3.43. The molecule has 1 saturated carbocycles. The molecule has 1 aromatic heterocycles. The summed E-state index contributed by atoms with van der Waals surface area (Å²) >= 11 is 6.24. The van der Waals surface area contributed by atoms with Gasteiger partial charge in [0.05, 0.1) is 6.20 Å². The number of aryl methyl sites for hydroxylation is 2. The minimum absolute atomic E-state index is 0.389. The van der Waals surface area contributed by atoms with Crippen LogP contribution in [0.5, 0.6) is 0 Å². The van der Waals surface area contributed by atoms with Crippen LogP contribution in [0.1, 0.15) is 31.7 Å². The van der Waals surface area contributed by atoms with Crippen LogP contribution in [0.25, 0.3) is 0 Å². The van der Waals surface area contributed by atoms with E-state index in [-0.39, 0.29) is 0 Å². The summed E-state index contributed by atoms with van der Waals surface area (Å²) in [5, 5.41) is 4.64. The summed E-state index contributed by atoms with van der Waals surface area (Å²) in [6, 6.07) is 0. The number of alkyl halides is 1. The predicted octanol–water partition coefficient (Wildman–Crippen LogP) is 2.85. The fraction of sp³-hybridized carbons (Fsp3) is 0.727. The van der Waals surface area contributed by atoms with Gasteiger partial charge in [-0.2, -0.15) is 5.10 Å². The molecule has 0 amide bonds. The van der Waals surface area contributed by atoms with Crippen LogP contribution >= 0.6 is 11.6 Å². The highest BCUT2D eigenvalue weighted by Crippen LogP contribution is 2.37. The molecule has 14 heavy (non-hydrogen) atoms. The molecule has 0 aliphatic heterocycles. The van der Waals surface area contributed by atoms with Crippen molar-refractivity contribution < 1.29 is 0 Å². The van der Waals surface area contributed by atoms with Crippen molar-refractivity contribution in [3.63, 3.8) is 0 Å². The lowest BCUT2D eigenvalue weighted by atomic mass is 10.1. The molecule has 1 aliphatic rings. The first kappa shape index (κ1) is 10.0. The van der Waals surface area contributed by atoms with Gasteiger partial charge >= 0.3 is 0 Å².